The first-order valence-corrected chi connectivity index (χ1v) is 9.78. The van der Waals surface area contributed by atoms with Gasteiger partial charge >= 0.3 is 6.18 Å². The van der Waals surface area contributed by atoms with E-state index in [4.69, 9.17) is 11.6 Å². The molecule has 3 rings (SSSR count). The summed E-state index contributed by atoms with van der Waals surface area (Å²) in [5, 5.41) is 10.4. The van der Waals surface area contributed by atoms with Gasteiger partial charge in [0.05, 0.1) is 11.3 Å². The summed E-state index contributed by atoms with van der Waals surface area (Å²) in [6, 6.07) is 7.04. The van der Waals surface area contributed by atoms with Crippen molar-refractivity contribution in [3.8, 4) is 5.75 Å². The van der Waals surface area contributed by atoms with Gasteiger partial charge in [0.1, 0.15) is 9.96 Å². The molecule has 138 valence electrons. The van der Waals surface area contributed by atoms with E-state index in [9.17, 15) is 26.7 Å². The molecule has 4 nitrogen and oxygen atoms in total. The smallest absolute Gasteiger partial charge is 0.416 e. The number of halogens is 4. The van der Waals surface area contributed by atoms with Gasteiger partial charge in [-0.15, -0.1) is 11.3 Å². The monoisotopic (exact) mass is 421 g/mol. The largest absolute Gasteiger partial charge is 0.508 e. The Bertz CT molecular complexity index is 1110. The summed E-state index contributed by atoms with van der Waals surface area (Å²) >= 11 is 7.07. The molecule has 0 amide bonds. The molecule has 0 aliphatic carbocycles. The molecule has 1 aromatic heterocycles. The van der Waals surface area contributed by atoms with Crippen molar-refractivity contribution in [1.29, 1.82) is 0 Å². The normalized spacial score (nSPS) is 12.5. The highest BCUT2D eigenvalue weighted by atomic mass is 35.5. The average molecular weight is 422 g/mol. The number of alkyl halides is 3. The van der Waals surface area contributed by atoms with Crippen LogP contribution in [0.1, 0.15) is 11.1 Å². The fourth-order valence-corrected chi connectivity index (χ4v) is 5.72. The van der Waals surface area contributed by atoms with Crippen LogP contribution in [-0.4, -0.2) is 13.5 Å². The van der Waals surface area contributed by atoms with Gasteiger partial charge < -0.3 is 5.11 Å². The highest BCUT2D eigenvalue weighted by Gasteiger charge is 2.32. The Morgan fingerprint density at radius 3 is 2.50 bits per heavy atom. The molecule has 0 unspecified atom stereocenters. The molecule has 2 aromatic carbocycles. The minimum Gasteiger partial charge on any atom is -0.508 e. The van der Waals surface area contributed by atoms with Crippen molar-refractivity contribution in [3.05, 3.63) is 52.5 Å². The van der Waals surface area contributed by atoms with Crippen LogP contribution in [0.4, 0.5) is 18.9 Å². The molecule has 10 heteroatoms. The van der Waals surface area contributed by atoms with E-state index in [1.165, 1.54) is 0 Å². The Kier molecular flexibility index (Phi) is 4.58. The molecule has 0 fully saturated rings. The van der Waals surface area contributed by atoms with Crippen LogP contribution in [0.2, 0.25) is 5.02 Å². The highest BCUT2D eigenvalue weighted by molar-refractivity contribution is 7.94. The van der Waals surface area contributed by atoms with Crippen LogP contribution in [0, 0.1) is 6.92 Å². The number of phenols is 1. The van der Waals surface area contributed by atoms with Crippen LogP contribution in [0.5, 0.6) is 5.75 Å². The van der Waals surface area contributed by atoms with Crippen LogP contribution in [-0.2, 0) is 16.2 Å². The topological polar surface area (TPSA) is 66.4 Å². The molecule has 3 aromatic rings. The zero-order valence-corrected chi connectivity index (χ0v) is 15.4. The Labute approximate surface area is 155 Å². The number of aromatic hydroxyl groups is 1. The lowest BCUT2D eigenvalue weighted by molar-refractivity contribution is -0.137. The van der Waals surface area contributed by atoms with Gasteiger partial charge in [0.2, 0.25) is 0 Å². The maximum absolute atomic E-state index is 12.9. The van der Waals surface area contributed by atoms with Gasteiger partial charge in [-0.05, 0) is 36.8 Å². The molecule has 0 saturated heterocycles. The minimum atomic E-state index is -4.72. The second-order valence-electron chi connectivity index (χ2n) is 5.50. The van der Waals surface area contributed by atoms with Gasteiger partial charge in [0, 0.05) is 21.2 Å². The van der Waals surface area contributed by atoms with Crippen molar-refractivity contribution in [2.45, 2.75) is 17.3 Å². The predicted molar refractivity (Wildman–Crippen MR) is 95.5 cm³/mol. The van der Waals surface area contributed by atoms with Crippen LogP contribution in [0.15, 0.2) is 40.6 Å². The standard InChI is InChI=1S/C16H11ClF3NO3S2/c1-8-14-12(17)3-2-4-13(14)25-15(8)26(23,24)21-10-5-9(16(18,19)20)6-11(22)7-10/h2-7,21-22H,1H3. The van der Waals surface area contributed by atoms with Crippen LogP contribution in [0.25, 0.3) is 10.1 Å². The van der Waals surface area contributed by atoms with Crippen molar-refractivity contribution in [2.75, 3.05) is 4.72 Å². The van der Waals surface area contributed by atoms with E-state index in [-0.39, 0.29) is 9.90 Å². The molecule has 0 radical (unpaired) electrons. The van der Waals surface area contributed by atoms with E-state index in [1.54, 1.807) is 25.1 Å². The summed E-state index contributed by atoms with van der Waals surface area (Å²) in [6.45, 7) is 1.57. The van der Waals surface area contributed by atoms with E-state index in [0.29, 0.717) is 32.8 Å². The van der Waals surface area contributed by atoms with E-state index in [0.717, 1.165) is 17.4 Å². The number of nitrogens with one attached hydrogen (secondary N) is 1. The second-order valence-corrected chi connectivity index (χ2v) is 8.84. The third-order valence-electron chi connectivity index (χ3n) is 3.60. The predicted octanol–water partition coefficient (Wildman–Crippen LogP) is 5.39. The fraction of sp³-hybridized carbons (Fsp3) is 0.125. The number of aryl methyl sites for hydroxylation is 1. The maximum Gasteiger partial charge on any atom is 0.416 e. The third kappa shape index (κ3) is 3.46. The number of hydrogen-bond donors (Lipinski definition) is 2. The van der Waals surface area contributed by atoms with Gasteiger partial charge in [0.15, 0.2) is 0 Å². The summed E-state index contributed by atoms with van der Waals surface area (Å²) in [7, 11) is -4.17. The van der Waals surface area contributed by atoms with E-state index >= 15 is 0 Å². The molecule has 2 N–H and O–H groups in total. The number of rotatable bonds is 3. The van der Waals surface area contributed by atoms with Crippen molar-refractivity contribution in [2.24, 2.45) is 0 Å². The summed E-state index contributed by atoms with van der Waals surface area (Å²) < 4.78 is 66.6. The molecule has 0 spiro atoms. The lowest BCUT2D eigenvalue weighted by Gasteiger charge is -2.12. The molecule has 1 heterocycles. The lowest BCUT2D eigenvalue weighted by Crippen LogP contribution is -2.13. The van der Waals surface area contributed by atoms with E-state index < -0.39 is 27.5 Å². The Balaban J connectivity index is 2.07. The number of hydrogen-bond acceptors (Lipinski definition) is 4. The first kappa shape index (κ1) is 18.8. The quantitative estimate of drug-likeness (QED) is 0.596. The molecule has 0 atom stereocenters. The number of thiophene rings is 1. The number of benzene rings is 2. The first-order chi connectivity index (χ1) is 12.0. The van der Waals surface area contributed by atoms with E-state index in [2.05, 4.69) is 4.72 Å². The molecule has 0 saturated carbocycles. The van der Waals surface area contributed by atoms with Crippen LogP contribution >= 0.6 is 22.9 Å². The third-order valence-corrected chi connectivity index (χ3v) is 7.17. The molecule has 26 heavy (non-hydrogen) atoms. The number of phenolic OH excluding ortho intramolecular Hbond substituents is 1. The van der Waals surface area contributed by atoms with Gasteiger partial charge in [-0.1, -0.05) is 17.7 Å². The Morgan fingerprint density at radius 1 is 1.19 bits per heavy atom. The zero-order chi connectivity index (χ0) is 19.3. The summed E-state index contributed by atoms with van der Waals surface area (Å²) in [6.07, 6.45) is -4.72. The average Bonchev–Trinajstić information content (AvgIpc) is 2.84. The second kappa shape index (κ2) is 6.33. The summed E-state index contributed by atoms with van der Waals surface area (Å²) in [5.74, 6) is -0.700. The van der Waals surface area contributed by atoms with Crippen molar-refractivity contribution in [3.63, 3.8) is 0 Å². The molecule has 0 bridgehead atoms. The maximum atomic E-state index is 12.9. The number of sulfonamides is 1. The first-order valence-electron chi connectivity index (χ1n) is 7.11. The van der Waals surface area contributed by atoms with Gasteiger partial charge in [-0.2, -0.15) is 13.2 Å². The van der Waals surface area contributed by atoms with Gasteiger partial charge in [0.25, 0.3) is 10.0 Å². The Morgan fingerprint density at radius 2 is 1.88 bits per heavy atom. The molecular weight excluding hydrogens is 411 g/mol. The van der Waals surface area contributed by atoms with Crippen molar-refractivity contribution >= 4 is 48.7 Å². The molecule has 0 aliphatic rings. The van der Waals surface area contributed by atoms with Gasteiger partial charge in [-0.3, -0.25) is 4.72 Å². The fourth-order valence-electron chi connectivity index (χ4n) is 2.52. The van der Waals surface area contributed by atoms with Crippen molar-refractivity contribution in [1.82, 2.24) is 0 Å². The Hall–Kier alpha value is -1.97. The van der Waals surface area contributed by atoms with Crippen molar-refractivity contribution < 1.29 is 26.7 Å². The van der Waals surface area contributed by atoms with Crippen LogP contribution < -0.4 is 4.72 Å². The van der Waals surface area contributed by atoms with Crippen LogP contribution in [0.3, 0.4) is 0 Å². The summed E-state index contributed by atoms with van der Waals surface area (Å²) in [4.78, 5) is 0. The number of fused-ring (bicyclic) bond motifs is 1. The molecular formula is C16H11ClF3NO3S2. The number of anilines is 1. The zero-order valence-electron chi connectivity index (χ0n) is 13.1. The highest BCUT2D eigenvalue weighted by Crippen LogP contribution is 2.39. The minimum absolute atomic E-state index is 0.0579. The SMILES string of the molecule is Cc1c(S(=O)(=O)Nc2cc(O)cc(C(F)(F)F)c2)sc2cccc(Cl)c12. The van der Waals surface area contributed by atoms with Gasteiger partial charge in [-0.25, -0.2) is 8.42 Å². The van der Waals surface area contributed by atoms with E-state index in [1.807, 2.05) is 0 Å². The lowest BCUT2D eigenvalue weighted by atomic mass is 10.2. The summed E-state index contributed by atoms with van der Waals surface area (Å²) in [5.41, 5.74) is -1.15. The molecule has 0 aliphatic heterocycles.